The van der Waals surface area contributed by atoms with Gasteiger partial charge < -0.3 is 5.11 Å². The van der Waals surface area contributed by atoms with Gasteiger partial charge in [-0.15, -0.1) is 0 Å². The van der Waals surface area contributed by atoms with Crippen LogP contribution in [0.1, 0.15) is 20.3 Å². The molecular formula is C6H13BrO. The van der Waals surface area contributed by atoms with Gasteiger partial charge in [0.25, 0.3) is 0 Å². The highest BCUT2D eigenvalue weighted by Crippen LogP contribution is 2.21. The minimum Gasteiger partial charge on any atom is -0.396 e. The maximum absolute atomic E-state index is 8.76. The van der Waals surface area contributed by atoms with Gasteiger partial charge in [0, 0.05) is 17.4 Å². The summed E-state index contributed by atoms with van der Waals surface area (Å²) in [6.07, 6.45) is 1.02. The summed E-state index contributed by atoms with van der Waals surface area (Å²) in [5, 5.41) is 9.64. The monoisotopic (exact) mass is 180 g/mol. The smallest absolute Gasteiger partial charge is 0.0492 e. The number of aliphatic hydroxyl groups excluding tert-OH is 1. The Morgan fingerprint density at radius 3 is 2.12 bits per heavy atom. The molecule has 0 spiro atoms. The van der Waals surface area contributed by atoms with Crippen LogP contribution in [-0.4, -0.2) is 17.0 Å². The van der Waals surface area contributed by atoms with E-state index < -0.39 is 0 Å². The molecule has 0 aliphatic carbocycles. The van der Waals surface area contributed by atoms with Gasteiger partial charge in [-0.3, -0.25) is 0 Å². The zero-order valence-electron chi connectivity index (χ0n) is 5.45. The Balaban J connectivity index is 3.58. The first-order chi connectivity index (χ1) is 3.68. The average Bonchev–Trinajstić information content (AvgIpc) is 1.87. The summed E-state index contributed by atoms with van der Waals surface area (Å²) in [4.78, 5) is 0. The van der Waals surface area contributed by atoms with E-state index in [9.17, 15) is 0 Å². The Labute approximate surface area is 59.2 Å². The summed E-state index contributed by atoms with van der Waals surface area (Å²) < 4.78 is 0. The Morgan fingerprint density at radius 2 is 2.12 bits per heavy atom. The molecule has 0 heterocycles. The van der Waals surface area contributed by atoms with Crippen LogP contribution < -0.4 is 0 Å². The molecule has 1 N–H and O–H groups in total. The summed E-state index contributed by atoms with van der Waals surface area (Å²) in [6, 6.07) is 0. The Hall–Kier alpha value is 0.440. The quantitative estimate of drug-likeness (QED) is 0.658. The zero-order valence-corrected chi connectivity index (χ0v) is 7.03. The summed E-state index contributed by atoms with van der Waals surface area (Å²) in [6.45, 7) is 4.41. The van der Waals surface area contributed by atoms with Crippen LogP contribution in [0.2, 0.25) is 0 Å². The highest BCUT2D eigenvalue weighted by molar-refractivity contribution is 9.09. The van der Waals surface area contributed by atoms with E-state index in [0.29, 0.717) is 0 Å². The van der Waals surface area contributed by atoms with Gasteiger partial charge in [0.2, 0.25) is 0 Å². The molecule has 1 nitrogen and oxygen atoms in total. The van der Waals surface area contributed by atoms with Crippen LogP contribution in [0.15, 0.2) is 0 Å². The van der Waals surface area contributed by atoms with Crippen LogP contribution in [0.3, 0.4) is 0 Å². The van der Waals surface area contributed by atoms with E-state index in [4.69, 9.17) is 5.11 Å². The fraction of sp³-hybridized carbons (Fsp3) is 1.00. The lowest BCUT2D eigenvalue weighted by Gasteiger charge is -2.21. The first-order valence-electron chi connectivity index (χ1n) is 2.85. The number of aliphatic hydroxyl groups is 1. The van der Waals surface area contributed by atoms with Gasteiger partial charge in [-0.25, -0.2) is 0 Å². The molecule has 0 saturated heterocycles. The van der Waals surface area contributed by atoms with E-state index in [1.54, 1.807) is 0 Å². The van der Waals surface area contributed by atoms with Gasteiger partial charge in [-0.2, -0.15) is 0 Å². The van der Waals surface area contributed by atoms with Crippen LogP contribution in [0.25, 0.3) is 0 Å². The molecule has 0 saturated carbocycles. The fourth-order valence-corrected chi connectivity index (χ4v) is 0.822. The van der Waals surface area contributed by atoms with Crippen molar-refractivity contribution in [3.8, 4) is 0 Å². The summed E-state index contributed by atoms with van der Waals surface area (Å²) >= 11 is 3.33. The van der Waals surface area contributed by atoms with E-state index in [-0.39, 0.29) is 12.0 Å². The maximum atomic E-state index is 8.76. The average molecular weight is 181 g/mol. The second kappa shape index (κ2) is 3.46. The molecule has 8 heavy (non-hydrogen) atoms. The van der Waals surface area contributed by atoms with Gasteiger partial charge in [0.05, 0.1) is 0 Å². The van der Waals surface area contributed by atoms with Crippen molar-refractivity contribution in [3.63, 3.8) is 0 Å². The topological polar surface area (TPSA) is 20.2 Å². The lowest BCUT2D eigenvalue weighted by atomic mass is 9.92. The largest absolute Gasteiger partial charge is 0.396 e. The van der Waals surface area contributed by atoms with Crippen molar-refractivity contribution >= 4 is 15.9 Å². The third-order valence-electron chi connectivity index (χ3n) is 1.56. The van der Waals surface area contributed by atoms with E-state index in [1.807, 2.05) is 0 Å². The molecule has 0 rings (SSSR count). The van der Waals surface area contributed by atoms with Gasteiger partial charge >= 0.3 is 0 Å². The minimum atomic E-state index is 0.0972. The summed E-state index contributed by atoms with van der Waals surface area (Å²) in [5.41, 5.74) is 0.0972. The molecule has 1 atom stereocenters. The van der Waals surface area contributed by atoms with Crippen molar-refractivity contribution in [1.82, 2.24) is 0 Å². The SMILES string of the molecule is CC[C@](C)(CO)CBr. The van der Waals surface area contributed by atoms with Crippen molar-refractivity contribution in [2.45, 2.75) is 20.3 Å². The Bertz CT molecular complexity index is 51.3. The Kier molecular flexibility index (Phi) is 3.65. The second-order valence-electron chi connectivity index (χ2n) is 2.46. The lowest BCUT2D eigenvalue weighted by Crippen LogP contribution is -2.21. The number of alkyl halides is 1. The van der Waals surface area contributed by atoms with Crippen LogP contribution in [0.5, 0.6) is 0 Å². The standard InChI is InChI=1S/C6H13BrO/c1-3-6(2,4-7)5-8/h8H,3-5H2,1-2H3/t6-/m0/s1. The van der Waals surface area contributed by atoms with Crippen LogP contribution >= 0.6 is 15.9 Å². The van der Waals surface area contributed by atoms with Crippen LogP contribution in [0, 0.1) is 5.41 Å². The number of halogens is 1. The Morgan fingerprint density at radius 1 is 1.62 bits per heavy atom. The fourth-order valence-electron chi connectivity index (χ4n) is 0.249. The van der Waals surface area contributed by atoms with Gasteiger partial charge in [-0.1, -0.05) is 29.8 Å². The molecule has 0 aliphatic heterocycles. The van der Waals surface area contributed by atoms with Crippen molar-refractivity contribution in [1.29, 1.82) is 0 Å². The lowest BCUT2D eigenvalue weighted by molar-refractivity contribution is 0.161. The normalized spacial score (nSPS) is 18.0. The molecular weight excluding hydrogens is 168 g/mol. The molecule has 0 unspecified atom stereocenters. The molecule has 0 radical (unpaired) electrons. The van der Waals surface area contributed by atoms with Crippen molar-refractivity contribution in [2.24, 2.45) is 5.41 Å². The van der Waals surface area contributed by atoms with E-state index >= 15 is 0 Å². The third-order valence-corrected chi connectivity index (χ3v) is 2.91. The molecule has 0 amide bonds. The molecule has 0 fully saturated rings. The van der Waals surface area contributed by atoms with Crippen molar-refractivity contribution in [2.75, 3.05) is 11.9 Å². The molecule has 0 aromatic rings. The first kappa shape index (κ1) is 8.44. The summed E-state index contributed by atoms with van der Waals surface area (Å²) in [5.74, 6) is 0. The van der Waals surface area contributed by atoms with E-state index in [0.717, 1.165) is 11.8 Å². The van der Waals surface area contributed by atoms with Crippen molar-refractivity contribution in [3.05, 3.63) is 0 Å². The van der Waals surface area contributed by atoms with Crippen LogP contribution in [0.4, 0.5) is 0 Å². The highest BCUT2D eigenvalue weighted by atomic mass is 79.9. The highest BCUT2D eigenvalue weighted by Gasteiger charge is 2.17. The van der Waals surface area contributed by atoms with E-state index in [1.165, 1.54) is 0 Å². The summed E-state index contributed by atoms with van der Waals surface area (Å²) in [7, 11) is 0. The maximum Gasteiger partial charge on any atom is 0.0492 e. The van der Waals surface area contributed by atoms with Gasteiger partial charge in [-0.05, 0) is 6.42 Å². The van der Waals surface area contributed by atoms with Crippen molar-refractivity contribution < 1.29 is 5.11 Å². The molecule has 2 heteroatoms. The minimum absolute atomic E-state index is 0.0972. The number of rotatable bonds is 3. The van der Waals surface area contributed by atoms with E-state index in [2.05, 4.69) is 29.8 Å². The molecule has 0 bridgehead atoms. The predicted octanol–water partition coefficient (Wildman–Crippen LogP) is 1.79. The molecule has 0 aliphatic rings. The van der Waals surface area contributed by atoms with Crippen LogP contribution in [-0.2, 0) is 0 Å². The van der Waals surface area contributed by atoms with Gasteiger partial charge in [0.15, 0.2) is 0 Å². The number of hydrogen-bond acceptors (Lipinski definition) is 1. The van der Waals surface area contributed by atoms with Gasteiger partial charge in [0.1, 0.15) is 0 Å². The second-order valence-corrected chi connectivity index (χ2v) is 3.02. The molecule has 50 valence electrons. The molecule has 0 aromatic carbocycles. The first-order valence-corrected chi connectivity index (χ1v) is 3.97. The molecule has 0 aromatic heterocycles. The number of hydrogen-bond donors (Lipinski definition) is 1. The third kappa shape index (κ3) is 2.14. The predicted molar refractivity (Wildman–Crippen MR) is 39.3 cm³/mol. The zero-order chi connectivity index (χ0) is 6.62.